The Kier molecular flexibility index (Phi) is 2.30. The minimum Gasteiger partial charge on any atom is -0.320 e. The van der Waals surface area contributed by atoms with Gasteiger partial charge in [0.05, 0.1) is 11.7 Å². The lowest BCUT2D eigenvalue weighted by Crippen LogP contribution is -2.34. The number of hydrogen-bond acceptors (Lipinski definition) is 3. The molecule has 1 unspecified atom stereocenters. The van der Waals surface area contributed by atoms with Crippen LogP contribution in [0.15, 0.2) is 36.7 Å². The Hall–Kier alpha value is -1.94. The zero-order valence-electron chi connectivity index (χ0n) is 9.34. The first kappa shape index (κ1) is 10.2. The number of rotatable bonds is 1. The fourth-order valence-corrected chi connectivity index (χ4v) is 2.28. The molecule has 1 fully saturated rings. The largest absolute Gasteiger partial charge is 0.320 e. The quantitative estimate of drug-likeness (QED) is 0.798. The van der Waals surface area contributed by atoms with Gasteiger partial charge in [-0.3, -0.25) is 9.78 Å². The number of fused-ring (bicyclic) bond motifs is 1. The minimum atomic E-state index is -0.355. The Morgan fingerprint density at radius 1 is 1.35 bits per heavy atom. The van der Waals surface area contributed by atoms with E-state index in [4.69, 9.17) is 5.73 Å². The highest BCUT2D eigenvalue weighted by Crippen LogP contribution is 2.28. The van der Waals surface area contributed by atoms with Crippen molar-refractivity contribution in [2.24, 2.45) is 5.73 Å². The second kappa shape index (κ2) is 3.82. The second-order valence-electron chi connectivity index (χ2n) is 4.26. The van der Waals surface area contributed by atoms with Crippen molar-refractivity contribution >= 4 is 22.4 Å². The van der Waals surface area contributed by atoms with Crippen molar-refractivity contribution in [3.8, 4) is 0 Å². The average molecular weight is 227 g/mol. The molecule has 2 N–H and O–H groups in total. The standard InChI is InChI=1S/C13H13N3O/c14-11-5-7-16(13(11)17)12-3-1-2-9-8-15-6-4-10(9)12/h1-4,6,8,11H,5,7,14H2. The van der Waals surface area contributed by atoms with Gasteiger partial charge in [0.2, 0.25) is 5.91 Å². The maximum atomic E-state index is 11.9. The number of carbonyl (C=O) groups excluding carboxylic acids is 1. The van der Waals surface area contributed by atoms with Gasteiger partial charge in [-0.1, -0.05) is 12.1 Å². The van der Waals surface area contributed by atoms with Gasteiger partial charge < -0.3 is 10.6 Å². The van der Waals surface area contributed by atoms with E-state index in [1.807, 2.05) is 24.3 Å². The molecule has 17 heavy (non-hydrogen) atoms. The first-order valence-electron chi connectivity index (χ1n) is 5.67. The van der Waals surface area contributed by atoms with Crippen LogP contribution in [0.3, 0.4) is 0 Å². The molecule has 0 spiro atoms. The molecule has 0 aliphatic carbocycles. The molecule has 86 valence electrons. The fourth-order valence-electron chi connectivity index (χ4n) is 2.28. The van der Waals surface area contributed by atoms with Crippen molar-refractivity contribution in [2.75, 3.05) is 11.4 Å². The van der Waals surface area contributed by atoms with Gasteiger partial charge in [0.1, 0.15) is 0 Å². The zero-order valence-corrected chi connectivity index (χ0v) is 9.34. The topological polar surface area (TPSA) is 59.2 Å². The highest BCUT2D eigenvalue weighted by atomic mass is 16.2. The van der Waals surface area contributed by atoms with E-state index in [0.717, 1.165) is 22.9 Å². The van der Waals surface area contributed by atoms with Gasteiger partial charge in [0.25, 0.3) is 0 Å². The summed E-state index contributed by atoms with van der Waals surface area (Å²) in [7, 11) is 0. The lowest BCUT2D eigenvalue weighted by Gasteiger charge is -2.18. The van der Waals surface area contributed by atoms with Crippen LogP contribution in [0, 0.1) is 0 Å². The van der Waals surface area contributed by atoms with Gasteiger partial charge in [0, 0.05) is 29.7 Å². The smallest absolute Gasteiger partial charge is 0.243 e. The molecule has 4 nitrogen and oxygen atoms in total. The van der Waals surface area contributed by atoms with Crippen molar-refractivity contribution in [3.63, 3.8) is 0 Å². The van der Waals surface area contributed by atoms with Gasteiger partial charge in [-0.25, -0.2) is 0 Å². The molecule has 1 amide bonds. The van der Waals surface area contributed by atoms with Crippen molar-refractivity contribution in [2.45, 2.75) is 12.5 Å². The van der Waals surface area contributed by atoms with Crippen LogP contribution in [-0.4, -0.2) is 23.5 Å². The van der Waals surface area contributed by atoms with Crippen LogP contribution in [0.4, 0.5) is 5.69 Å². The fraction of sp³-hybridized carbons (Fsp3) is 0.231. The molecular weight excluding hydrogens is 214 g/mol. The Balaban J connectivity index is 2.15. The van der Waals surface area contributed by atoms with E-state index < -0.39 is 0 Å². The van der Waals surface area contributed by atoms with E-state index in [9.17, 15) is 4.79 Å². The van der Waals surface area contributed by atoms with Crippen molar-refractivity contribution in [1.29, 1.82) is 0 Å². The van der Waals surface area contributed by atoms with Gasteiger partial charge in [-0.05, 0) is 18.6 Å². The summed E-state index contributed by atoms with van der Waals surface area (Å²) in [6.07, 6.45) is 4.27. The molecule has 2 aromatic rings. The first-order chi connectivity index (χ1) is 8.27. The van der Waals surface area contributed by atoms with E-state index >= 15 is 0 Å². The maximum Gasteiger partial charge on any atom is 0.243 e. The summed E-state index contributed by atoms with van der Waals surface area (Å²) in [6, 6.07) is 7.47. The summed E-state index contributed by atoms with van der Waals surface area (Å²) in [5.41, 5.74) is 6.68. The molecule has 1 aromatic carbocycles. The van der Waals surface area contributed by atoms with Crippen molar-refractivity contribution in [3.05, 3.63) is 36.7 Å². The van der Waals surface area contributed by atoms with Crippen LogP contribution in [0.1, 0.15) is 6.42 Å². The van der Waals surface area contributed by atoms with Crippen molar-refractivity contribution < 1.29 is 4.79 Å². The summed E-state index contributed by atoms with van der Waals surface area (Å²) >= 11 is 0. The van der Waals surface area contributed by atoms with E-state index in [1.54, 1.807) is 17.3 Å². The van der Waals surface area contributed by atoms with Crippen molar-refractivity contribution in [1.82, 2.24) is 4.98 Å². The number of anilines is 1. The van der Waals surface area contributed by atoms with Crippen LogP contribution >= 0.6 is 0 Å². The Labute approximate surface area is 99.0 Å². The lowest BCUT2D eigenvalue weighted by atomic mass is 10.1. The predicted octanol–water partition coefficient (Wildman–Crippen LogP) is 1.30. The van der Waals surface area contributed by atoms with Gasteiger partial charge in [-0.2, -0.15) is 0 Å². The molecule has 1 aromatic heterocycles. The molecule has 1 aliphatic heterocycles. The number of aromatic nitrogens is 1. The Morgan fingerprint density at radius 2 is 2.24 bits per heavy atom. The summed E-state index contributed by atoms with van der Waals surface area (Å²) < 4.78 is 0. The first-order valence-corrected chi connectivity index (χ1v) is 5.67. The Bertz CT molecular complexity index is 576. The number of nitrogens with zero attached hydrogens (tertiary/aromatic N) is 2. The van der Waals surface area contributed by atoms with E-state index in [-0.39, 0.29) is 11.9 Å². The molecule has 4 heteroatoms. The summed E-state index contributed by atoms with van der Waals surface area (Å²) in [5, 5.41) is 2.09. The van der Waals surface area contributed by atoms with E-state index in [0.29, 0.717) is 6.54 Å². The molecule has 1 aliphatic rings. The van der Waals surface area contributed by atoms with Crippen LogP contribution in [0.5, 0.6) is 0 Å². The minimum absolute atomic E-state index is 0.00862. The molecule has 1 saturated heterocycles. The SMILES string of the molecule is NC1CCN(c2cccc3cnccc23)C1=O. The second-order valence-corrected chi connectivity index (χ2v) is 4.26. The van der Waals surface area contributed by atoms with Gasteiger partial charge >= 0.3 is 0 Å². The van der Waals surface area contributed by atoms with Crippen LogP contribution in [0.25, 0.3) is 10.8 Å². The molecule has 0 bridgehead atoms. The molecule has 0 saturated carbocycles. The Morgan fingerprint density at radius 3 is 3.00 bits per heavy atom. The number of nitrogens with two attached hydrogens (primary N) is 1. The molecule has 0 radical (unpaired) electrons. The summed E-state index contributed by atoms with van der Waals surface area (Å²) in [5.74, 6) is 0.00862. The molecule has 3 rings (SSSR count). The monoisotopic (exact) mass is 227 g/mol. The lowest BCUT2D eigenvalue weighted by molar-refractivity contribution is -0.118. The molecule has 2 heterocycles. The number of carbonyl (C=O) groups is 1. The third-order valence-electron chi connectivity index (χ3n) is 3.20. The van der Waals surface area contributed by atoms with Gasteiger partial charge in [-0.15, -0.1) is 0 Å². The average Bonchev–Trinajstić information content (AvgIpc) is 2.69. The highest BCUT2D eigenvalue weighted by molar-refractivity contribution is 6.06. The van der Waals surface area contributed by atoms with Gasteiger partial charge in [0.15, 0.2) is 0 Å². The maximum absolute atomic E-state index is 11.9. The number of pyridine rings is 1. The zero-order chi connectivity index (χ0) is 11.8. The third-order valence-corrected chi connectivity index (χ3v) is 3.20. The summed E-state index contributed by atoms with van der Waals surface area (Å²) in [4.78, 5) is 17.8. The number of hydrogen-bond donors (Lipinski definition) is 1. The predicted molar refractivity (Wildman–Crippen MR) is 66.7 cm³/mol. The molecule has 1 atom stereocenters. The molecular formula is C13H13N3O. The number of benzene rings is 1. The summed E-state index contributed by atoms with van der Waals surface area (Å²) in [6.45, 7) is 0.696. The van der Waals surface area contributed by atoms with Crippen LogP contribution in [0.2, 0.25) is 0 Å². The van der Waals surface area contributed by atoms with Crippen LogP contribution < -0.4 is 10.6 Å². The van der Waals surface area contributed by atoms with E-state index in [2.05, 4.69) is 4.98 Å². The number of amides is 1. The third kappa shape index (κ3) is 1.57. The van der Waals surface area contributed by atoms with Crippen LogP contribution in [-0.2, 0) is 4.79 Å². The normalized spacial score (nSPS) is 20.2. The van der Waals surface area contributed by atoms with E-state index in [1.165, 1.54) is 0 Å². The highest BCUT2D eigenvalue weighted by Gasteiger charge is 2.30.